The lowest BCUT2D eigenvalue weighted by molar-refractivity contribution is -0.148. The second-order valence-corrected chi connectivity index (χ2v) is 6.01. The van der Waals surface area contributed by atoms with Gasteiger partial charge >= 0.3 is 5.97 Å². The molecule has 0 atom stereocenters. The van der Waals surface area contributed by atoms with E-state index in [1.807, 2.05) is 0 Å². The van der Waals surface area contributed by atoms with Crippen LogP contribution in [-0.4, -0.2) is 27.5 Å². The van der Waals surface area contributed by atoms with E-state index in [-0.39, 0.29) is 10.7 Å². The average molecular weight is 327 g/mol. The minimum Gasteiger partial charge on any atom is -0.480 e. The summed E-state index contributed by atoms with van der Waals surface area (Å²) < 4.78 is 0. The van der Waals surface area contributed by atoms with Crippen LogP contribution in [0.15, 0.2) is 18.2 Å². The minimum atomic E-state index is -1.17. The standard InChI is InChI=1S/C14H12Cl2N2O3/c15-7-2-3-9-8(6-7)10(16)11(17-9)12(19)18-14(13(20)21)4-1-5-14/h2-3,6,17H,1,4-5H2,(H,18,19)(H,20,21). The Morgan fingerprint density at radius 2 is 2.00 bits per heavy atom. The van der Waals surface area contributed by atoms with Crippen LogP contribution in [0.2, 0.25) is 10.0 Å². The fourth-order valence-electron chi connectivity index (χ4n) is 2.49. The summed E-state index contributed by atoms with van der Waals surface area (Å²) in [4.78, 5) is 26.5. The molecular formula is C14H12Cl2N2O3. The highest BCUT2D eigenvalue weighted by atomic mass is 35.5. The molecule has 0 aliphatic heterocycles. The normalized spacial score (nSPS) is 16.5. The zero-order valence-corrected chi connectivity index (χ0v) is 12.4. The van der Waals surface area contributed by atoms with Gasteiger partial charge in [-0.25, -0.2) is 4.79 Å². The summed E-state index contributed by atoms with van der Waals surface area (Å²) >= 11 is 12.1. The highest BCUT2D eigenvalue weighted by Gasteiger charge is 2.46. The molecule has 3 rings (SSSR count). The van der Waals surface area contributed by atoms with Gasteiger partial charge in [-0.15, -0.1) is 0 Å². The van der Waals surface area contributed by atoms with Crippen LogP contribution in [-0.2, 0) is 4.79 Å². The zero-order chi connectivity index (χ0) is 15.2. The van der Waals surface area contributed by atoms with Crippen molar-refractivity contribution in [3.63, 3.8) is 0 Å². The molecule has 1 aromatic carbocycles. The number of hydrogen-bond donors (Lipinski definition) is 3. The van der Waals surface area contributed by atoms with Gasteiger partial charge in [-0.1, -0.05) is 23.2 Å². The minimum absolute atomic E-state index is 0.154. The molecule has 0 unspecified atom stereocenters. The number of rotatable bonds is 3. The maximum atomic E-state index is 12.3. The van der Waals surface area contributed by atoms with Gasteiger partial charge < -0.3 is 15.4 Å². The molecule has 0 radical (unpaired) electrons. The van der Waals surface area contributed by atoms with E-state index < -0.39 is 17.4 Å². The molecule has 1 aliphatic rings. The van der Waals surface area contributed by atoms with Crippen LogP contribution >= 0.6 is 23.2 Å². The van der Waals surface area contributed by atoms with E-state index in [1.54, 1.807) is 18.2 Å². The number of H-pyrrole nitrogens is 1. The molecule has 1 fully saturated rings. The third-order valence-electron chi connectivity index (χ3n) is 3.89. The molecule has 0 bridgehead atoms. The Kier molecular flexibility index (Phi) is 3.34. The van der Waals surface area contributed by atoms with E-state index in [0.717, 1.165) is 6.42 Å². The Balaban J connectivity index is 1.95. The molecule has 1 amide bonds. The van der Waals surface area contributed by atoms with Crippen molar-refractivity contribution in [2.45, 2.75) is 24.8 Å². The second kappa shape index (κ2) is 4.93. The molecule has 0 spiro atoms. The van der Waals surface area contributed by atoms with Gasteiger partial charge in [0.15, 0.2) is 0 Å². The monoisotopic (exact) mass is 326 g/mol. The molecule has 110 valence electrons. The van der Waals surface area contributed by atoms with Crippen molar-refractivity contribution in [1.29, 1.82) is 0 Å². The van der Waals surface area contributed by atoms with Crippen molar-refractivity contribution in [1.82, 2.24) is 10.3 Å². The van der Waals surface area contributed by atoms with E-state index in [2.05, 4.69) is 10.3 Å². The first kappa shape index (κ1) is 14.2. The highest BCUT2D eigenvalue weighted by molar-refractivity contribution is 6.39. The van der Waals surface area contributed by atoms with Gasteiger partial charge in [0.2, 0.25) is 0 Å². The number of carboxylic acid groups (broad SMARTS) is 1. The lowest BCUT2D eigenvalue weighted by atomic mass is 9.76. The smallest absolute Gasteiger partial charge is 0.329 e. The Labute approximate surface area is 130 Å². The number of aliphatic carboxylic acids is 1. The SMILES string of the molecule is O=C(NC1(C(=O)O)CCC1)c1[nH]c2ccc(Cl)cc2c1Cl. The predicted molar refractivity (Wildman–Crippen MR) is 80.0 cm³/mol. The van der Waals surface area contributed by atoms with Gasteiger partial charge in [0.1, 0.15) is 11.2 Å². The molecule has 2 aromatic rings. The summed E-state index contributed by atoms with van der Waals surface area (Å²) in [5.41, 5.74) is -0.344. The molecule has 1 heterocycles. The van der Waals surface area contributed by atoms with Gasteiger partial charge in [-0.3, -0.25) is 4.79 Å². The summed E-state index contributed by atoms with van der Waals surface area (Å²) in [6.45, 7) is 0. The quantitative estimate of drug-likeness (QED) is 0.809. The Morgan fingerprint density at radius 1 is 1.29 bits per heavy atom. The first-order valence-corrected chi connectivity index (χ1v) is 7.21. The maximum Gasteiger partial charge on any atom is 0.329 e. The molecule has 1 aliphatic carbocycles. The lowest BCUT2D eigenvalue weighted by Crippen LogP contribution is -2.59. The first-order valence-electron chi connectivity index (χ1n) is 6.45. The van der Waals surface area contributed by atoms with Gasteiger partial charge in [0.05, 0.1) is 5.02 Å². The van der Waals surface area contributed by atoms with E-state index in [4.69, 9.17) is 23.2 Å². The van der Waals surface area contributed by atoms with E-state index in [1.165, 1.54) is 0 Å². The van der Waals surface area contributed by atoms with E-state index in [0.29, 0.717) is 28.8 Å². The van der Waals surface area contributed by atoms with Crippen LogP contribution in [0.4, 0.5) is 0 Å². The van der Waals surface area contributed by atoms with Crippen molar-refractivity contribution in [2.24, 2.45) is 0 Å². The fraction of sp³-hybridized carbons (Fsp3) is 0.286. The molecule has 1 aromatic heterocycles. The van der Waals surface area contributed by atoms with E-state index >= 15 is 0 Å². The second-order valence-electron chi connectivity index (χ2n) is 5.20. The van der Waals surface area contributed by atoms with Crippen LogP contribution in [0, 0.1) is 0 Å². The molecule has 7 heteroatoms. The van der Waals surface area contributed by atoms with Crippen molar-refractivity contribution >= 4 is 46.0 Å². The van der Waals surface area contributed by atoms with Gasteiger partial charge in [-0.05, 0) is 37.5 Å². The first-order chi connectivity index (χ1) is 9.93. The summed E-state index contributed by atoms with van der Waals surface area (Å²) in [7, 11) is 0. The Morgan fingerprint density at radius 3 is 2.57 bits per heavy atom. The van der Waals surface area contributed by atoms with Crippen LogP contribution in [0.5, 0.6) is 0 Å². The van der Waals surface area contributed by atoms with Gasteiger partial charge in [0.25, 0.3) is 5.91 Å². The number of aromatic amines is 1. The van der Waals surface area contributed by atoms with Gasteiger partial charge in [0, 0.05) is 15.9 Å². The van der Waals surface area contributed by atoms with E-state index in [9.17, 15) is 14.7 Å². The number of amides is 1. The lowest BCUT2D eigenvalue weighted by Gasteiger charge is -2.38. The van der Waals surface area contributed by atoms with Crippen LogP contribution in [0.1, 0.15) is 29.8 Å². The number of aromatic nitrogens is 1. The topological polar surface area (TPSA) is 82.2 Å². The number of carbonyl (C=O) groups excluding carboxylic acids is 1. The summed E-state index contributed by atoms with van der Waals surface area (Å²) in [6.07, 6.45) is 1.64. The maximum absolute atomic E-state index is 12.3. The Hall–Kier alpha value is -1.72. The zero-order valence-electron chi connectivity index (χ0n) is 10.9. The van der Waals surface area contributed by atoms with Crippen molar-refractivity contribution in [2.75, 3.05) is 0 Å². The third kappa shape index (κ3) is 2.26. The average Bonchev–Trinajstić information content (AvgIpc) is 2.71. The van der Waals surface area contributed by atoms with Gasteiger partial charge in [-0.2, -0.15) is 0 Å². The third-order valence-corrected chi connectivity index (χ3v) is 4.52. The van der Waals surface area contributed by atoms with Crippen molar-refractivity contribution in [3.8, 4) is 0 Å². The molecule has 1 saturated carbocycles. The molecule has 3 N–H and O–H groups in total. The summed E-state index contributed by atoms with van der Waals surface area (Å²) in [5, 5.41) is 13.2. The van der Waals surface area contributed by atoms with Crippen molar-refractivity contribution < 1.29 is 14.7 Å². The van der Waals surface area contributed by atoms with Crippen LogP contribution < -0.4 is 5.32 Å². The molecule has 21 heavy (non-hydrogen) atoms. The molecule has 5 nitrogen and oxygen atoms in total. The highest BCUT2D eigenvalue weighted by Crippen LogP contribution is 2.34. The number of halogens is 2. The summed E-state index contributed by atoms with van der Waals surface area (Å²) in [5.74, 6) is -1.54. The number of carboxylic acids is 1. The Bertz CT molecular complexity index is 750. The number of nitrogens with one attached hydrogen (secondary N) is 2. The summed E-state index contributed by atoms with van der Waals surface area (Å²) in [6, 6.07) is 5.06. The predicted octanol–water partition coefficient (Wildman–Crippen LogP) is 3.21. The number of carbonyl (C=O) groups is 2. The number of fused-ring (bicyclic) bond motifs is 1. The largest absolute Gasteiger partial charge is 0.480 e. The van der Waals surface area contributed by atoms with Crippen molar-refractivity contribution in [3.05, 3.63) is 33.9 Å². The molecular weight excluding hydrogens is 315 g/mol. The number of benzene rings is 1. The fourth-order valence-corrected chi connectivity index (χ4v) is 2.95. The van der Waals surface area contributed by atoms with Crippen LogP contribution in [0.25, 0.3) is 10.9 Å². The van der Waals surface area contributed by atoms with Crippen LogP contribution in [0.3, 0.4) is 0 Å². The molecule has 0 saturated heterocycles. The number of hydrogen-bond acceptors (Lipinski definition) is 2.